The number of nitrogens with one attached hydrogen (secondary N) is 1. The Bertz CT molecular complexity index is 524. The van der Waals surface area contributed by atoms with Crippen LogP contribution in [0.2, 0.25) is 0 Å². The van der Waals surface area contributed by atoms with Gasteiger partial charge in [0.15, 0.2) is 0 Å². The third-order valence-corrected chi connectivity index (χ3v) is 3.58. The maximum absolute atomic E-state index is 12.2. The highest BCUT2D eigenvalue weighted by molar-refractivity contribution is 5.87. The smallest absolute Gasteiger partial charge is 0.319 e. The molecule has 1 aromatic rings. The van der Waals surface area contributed by atoms with Crippen LogP contribution in [0.3, 0.4) is 0 Å². The lowest BCUT2D eigenvalue weighted by atomic mass is 10.1. The summed E-state index contributed by atoms with van der Waals surface area (Å²) in [7, 11) is 0. The van der Waals surface area contributed by atoms with Crippen molar-refractivity contribution in [2.45, 2.75) is 33.7 Å². The molecule has 110 valence electrons. The highest BCUT2D eigenvalue weighted by Gasteiger charge is 2.30. The Hall–Kier alpha value is -1.98. The van der Waals surface area contributed by atoms with E-state index < -0.39 is 0 Å². The minimum atomic E-state index is -0.222. The molecule has 1 fully saturated rings. The van der Waals surface area contributed by atoms with Gasteiger partial charge in [-0.15, -0.1) is 0 Å². The van der Waals surface area contributed by atoms with Gasteiger partial charge < -0.3 is 14.6 Å². The number of carbonyl (C=O) groups excluding carboxylic acids is 2. The Balaban J connectivity index is 1.98. The van der Waals surface area contributed by atoms with Crippen molar-refractivity contribution >= 4 is 11.9 Å². The van der Waals surface area contributed by atoms with Crippen molar-refractivity contribution in [3.8, 4) is 0 Å². The zero-order valence-corrected chi connectivity index (χ0v) is 12.4. The minimum Gasteiger partial charge on any atom is -0.466 e. The molecule has 1 saturated heterocycles. The quantitative estimate of drug-likeness (QED) is 0.917. The molecule has 2 rings (SSSR count). The van der Waals surface area contributed by atoms with Crippen molar-refractivity contribution in [1.29, 1.82) is 0 Å². The Morgan fingerprint density at radius 1 is 1.50 bits per heavy atom. The molecule has 1 atom stereocenters. The summed E-state index contributed by atoms with van der Waals surface area (Å²) in [6, 6.07) is 1.55. The van der Waals surface area contributed by atoms with Crippen LogP contribution in [0, 0.1) is 13.8 Å². The first-order valence-electron chi connectivity index (χ1n) is 6.82. The molecule has 0 radical (unpaired) electrons. The molecule has 1 aliphatic rings. The number of amides is 3. The first-order chi connectivity index (χ1) is 9.42. The Labute approximate surface area is 118 Å². The van der Waals surface area contributed by atoms with Crippen molar-refractivity contribution in [2.75, 3.05) is 19.8 Å². The molecule has 0 bridgehead atoms. The zero-order chi connectivity index (χ0) is 14.9. The number of rotatable bonds is 3. The maximum atomic E-state index is 12.2. The monoisotopic (exact) mass is 279 g/mol. The number of nitrogens with zero attached hydrogens (tertiary/aromatic N) is 2. The predicted octanol–water partition coefficient (Wildman–Crippen LogP) is 1.79. The van der Waals surface area contributed by atoms with Gasteiger partial charge in [0.1, 0.15) is 18.1 Å². The summed E-state index contributed by atoms with van der Waals surface area (Å²) >= 11 is 0. The Kier molecular flexibility index (Phi) is 4.01. The molecule has 6 nitrogen and oxygen atoms in total. The lowest BCUT2D eigenvalue weighted by Gasteiger charge is -2.20. The van der Waals surface area contributed by atoms with Crippen LogP contribution in [0.1, 0.15) is 37.0 Å². The first kappa shape index (κ1) is 14.4. The molecule has 1 unspecified atom stereocenters. The van der Waals surface area contributed by atoms with Crippen molar-refractivity contribution in [2.24, 2.45) is 0 Å². The SMILES string of the molecule is CCN1CN(C(=O)NC(C)c2cc(C)oc2C)CC1=O. The average Bonchev–Trinajstić information content (AvgIpc) is 2.91. The van der Waals surface area contributed by atoms with Gasteiger partial charge in [0, 0.05) is 12.1 Å². The van der Waals surface area contributed by atoms with E-state index in [9.17, 15) is 9.59 Å². The molecule has 0 aromatic carbocycles. The van der Waals surface area contributed by atoms with Crippen LogP contribution >= 0.6 is 0 Å². The van der Waals surface area contributed by atoms with Crippen LogP contribution < -0.4 is 5.32 Å². The third-order valence-electron chi connectivity index (χ3n) is 3.58. The summed E-state index contributed by atoms with van der Waals surface area (Å²) in [5.74, 6) is 1.63. The Morgan fingerprint density at radius 2 is 2.20 bits per heavy atom. The second-order valence-electron chi connectivity index (χ2n) is 5.13. The van der Waals surface area contributed by atoms with Gasteiger partial charge in [-0.1, -0.05) is 0 Å². The van der Waals surface area contributed by atoms with E-state index in [2.05, 4.69) is 5.32 Å². The summed E-state index contributed by atoms with van der Waals surface area (Å²) in [5.41, 5.74) is 0.966. The maximum Gasteiger partial charge on any atom is 0.319 e. The van der Waals surface area contributed by atoms with Gasteiger partial charge in [-0.3, -0.25) is 9.69 Å². The summed E-state index contributed by atoms with van der Waals surface area (Å²) < 4.78 is 5.47. The van der Waals surface area contributed by atoms with Crippen molar-refractivity contribution in [3.05, 3.63) is 23.2 Å². The number of hydrogen-bond acceptors (Lipinski definition) is 3. The largest absolute Gasteiger partial charge is 0.466 e. The Morgan fingerprint density at radius 3 is 2.70 bits per heavy atom. The number of likely N-dealkylation sites (N-methyl/N-ethyl adjacent to an activating group) is 1. The van der Waals surface area contributed by atoms with E-state index in [1.165, 1.54) is 4.90 Å². The van der Waals surface area contributed by atoms with E-state index in [1.807, 2.05) is 33.8 Å². The van der Waals surface area contributed by atoms with E-state index in [1.54, 1.807) is 4.90 Å². The third kappa shape index (κ3) is 2.79. The van der Waals surface area contributed by atoms with E-state index in [4.69, 9.17) is 4.42 Å². The van der Waals surface area contributed by atoms with E-state index in [0.29, 0.717) is 13.2 Å². The number of carbonyl (C=O) groups is 2. The van der Waals surface area contributed by atoms with Crippen LogP contribution in [0.25, 0.3) is 0 Å². The van der Waals surface area contributed by atoms with E-state index in [0.717, 1.165) is 17.1 Å². The van der Waals surface area contributed by atoms with Gasteiger partial charge in [-0.25, -0.2) is 4.79 Å². The average molecular weight is 279 g/mol. The fourth-order valence-electron chi connectivity index (χ4n) is 2.45. The fraction of sp³-hybridized carbons (Fsp3) is 0.571. The molecule has 0 saturated carbocycles. The molecular formula is C14H21N3O3. The summed E-state index contributed by atoms with van der Waals surface area (Å²) in [6.45, 7) is 8.70. The molecule has 1 aliphatic heterocycles. The summed E-state index contributed by atoms with van der Waals surface area (Å²) in [5, 5.41) is 2.91. The number of hydrogen-bond donors (Lipinski definition) is 1. The van der Waals surface area contributed by atoms with Crippen molar-refractivity contribution < 1.29 is 14.0 Å². The summed E-state index contributed by atoms with van der Waals surface area (Å²) in [6.07, 6.45) is 0. The van der Waals surface area contributed by atoms with Gasteiger partial charge in [0.2, 0.25) is 5.91 Å². The van der Waals surface area contributed by atoms with E-state index in [-0.39, 0.29) is 24.5 Å². The van der Waals surface area contributed by atoms with Crippen LogP contribution in [0.5, 0.6) is 0 Å². The van der Waals surface area contributed by atoms with Gasteiger partial charge in [-0.2, -0.15) is 0 Å². The van der Waals surface area contributed by atoms with Gasteiger partial charge in [0.05, 0.1) is 12.7 Å². The van der Waals surface area contributed by atoms with E-state index >= 15 is 0 Å². The molecule has 0 spiro atoms. The van der Waals surface area contributed by atoms with Crippen LogP contribution in [0.15, 0.2) is 10.5 Å². The highest BCUT2D eigenvalue weighted by atomic mass is 16.3. The summed E-state index contributed by atoms with van der Waals surface area (Å²) in [4.78, 5) is 27.0. The second kappa shape index (κ2) is 5.56. The predicted molar refractivity (Wildman–Crippen MR) is 74.1 cm³/mol. The number of urea groups is 1. The first-order valence-corrected chi connectivity index (χ1v) is 6.82. The van der Waals surface area contributed by atoms with Gasteiger partial charge in [-0.05, 0) is 33.8 Å². The molecule has 1 N–H and O–H groups in total. The minimum absolute atomic E-state index is 0.00867. The second-order valence-corrected chi connectivity index (χ2v) is 5.13. The molecule has 6 heteroatoms. The zero-order valence-electron chi connectivity index (χ0n) is 12.4. The molecule has 20 heavy (non-hydrogen) atoms. The fourth-order valence-corrected chi connectivity index (χ4v) is 2.45. The highest BCUT2D eigenvalue weighted by Crippen LogP contribution is 2.21. The van der Waals surface area contributed by atoms with Crippen LogP contribution in [0.4, 0.5) is 4.79 Å². The molecule has 2 heterocycles. The lowest BCUT2D eigenvalue weighted by molar-refractivity contribution is -0.126. The van der Waals surface area contributed by atoms with Crippen molar-refractivity contribution in [1.82, 2.24) is 15.1 Å². The van der Waals surface area contributed by atoms with Gasteiger partial charge >= 0.3 is 6.03 Å². The van der Waals surface area contributed by atoms with Crippen LogP contribution in [-0.4, -0.2) is 41.5 Å². The number of furan rings is 1. The molecule has 1 aromatic heterocycles. The topological polar surface area (TPSA) is 65.8 Å². The lowest BCUT2D eigenvalue weighted by Crippen LogP contribution is -2.40. The standard InChI is InChI=1S/C14H21N3O3/c1-5-16-8-17(7-13(16)18)14(19)15-10(3)12-6-9(2)20-11(12)4/h6,10H,5,7-8H2,1-4H3,(H,15,19). The van der Waals surface area contributed by atoms with Gasteiger partial charge in [0.25, 0.3) is 0 Å². The van der Waals surface area contributed by atoms with Crippen molar-refractivity contribution in [3.63, 3.8) is 0 Å². The number of aryl methyl sites for hydroxylation is 2. The van der Waals surface area contributed by atoms with Crippen LogP contribution in [-0.2, 0) is 4.79 Å². The molecule has 0 aliphatic carbocycles. The normalized spacial score (nSPS) is 16.7. The molecule has 3 amide bonds. The molecular weight excluding hydrogens is 258 g/mol.